The van der Waals surface area contributed by atoms with Crippen molar-refractivity contribution in [2.75, 3.05) is 11.5 Å². The van der Waals surface area contributed by atoms with Crippen LogP contribution in [0, 0.1) is 18.8 Å². The largest absolute Gasteiger partial charge is 0.397 e. The summed E-state index contributed by atoms with van der Waals surface area (Å²) in [6.45, 7) is 3.49. The van der Waals surface area contributed by atoms with Crippen LogP contribution in [0.2, 0.25) is 0 Å². The second-order valence-electron chi connectivity index (χ2n) is 3.33. The fraction of sp³-hybridized carbons (Fsp3) is 0.333. The maximum absolute atomic E-state index is 10.7. The molecule has 16 heavy (non-hydrogen) atoms. The Morgan fingerprint density at radius 1 is 1.62 bits per heavy atom. The van der Waals surface area contributed by atoms with Crippen molar-refractivity contribution in [3.63, 3.8) is 0 Å². The predicted octanol–water partition coefficient (Wildman–Crippen LogP) is 1.99. The smallest absolute Gasteiger partial charge is 0.185 e. The minimum absolute atomic E-state index is 0.128. The van der Waals surface area contributed by atoms with Crippen LogP contribution in [-0.2, 0) is 4.79 Å². The molecule has 1 aromatic rings. The van der Waals surface area contributed by atoms with Crippen molar-refractivity contribution in [1.82, 2.24) is 4.98 Å². The van der Waals surface area contributed by atoms with Crippen LogP contribution in [0.1, 0.15) is 24.6 Å². The monoisotopic (exact) mass is 234 g/mol. The number of aromatic nitrogens is 1. The molecule has 0 spiro atoms. The molecule has 0 aliphatic rings. The van der Waals surface area contributed by atoms with Crippen molar-refractivity contribution >= 4 is 22.6 Å². The van der Waals surface area contributed by atoms with Crippen LogP contribution in [-0.4, -0.2) is 15.9 Å². The number of hydrogen-bond donors (Lipinski definition) is 1. The standard InChI is InChI=1S/C12H14N2OS/c1-9-7-11(13)8-14-12(9)5-3-4-6-16-10(2)15/h7-8H,4,6,13H2,1-2H3. The van der Waals surface area contributed by atoms with Crippen LogP contribution < -0.4 is 5.73 Å². The van der Waals surface area contributed by atoms with E-state index in [0.29, 0.717) is 12.1 Å². The van der Waals surface area contributed by atoms with Gasteiger partial charge in [-0.1, -0.05) is 17.7 Å². The second-order valence-corrected chi connectivity index (χ2v) is 4.60. The lowest BCUT2D eigenvalue weighted by atomic mass is 10.2. The van der Waals surface area contributed by atoms with E-state index < -0.39 is 0 Å². The van der Waals surface area contributed by atoms with Gasteiger partial charge in [-0.3, -0.25) is 4.79 Å². The van der Waals surface area contributed by atoms with Gasteiger partial charge in [0.05, 0.1) is 11.9 Å². The van der Waals surface area contributed by atoms with Crippen LogP contribution in [0.5, 0.6) is 0 Å². The van der Waals surface area contributed by atoms with Crippen molar-refractivity contribution in [1.29, 1.82) is 0 Å². The Hall–Kier alpha value is -1.47. The Morgan fingerprint density at radius 2 is 2.38 bits per heavy atom. The maximum atomic E-state index is 10.7. The molecule has 0 amide bonds. The normalized spacial score (nSPS) is 9.38. The highest BCUT2D eigenvalue weighted by atomic mass is 32.2. The molecule has 1 heterocycles. The highest BCUT2D eigenvalue weighted by Crippen LogP contribution is 2.07. The Morgan fingerprint density at radius 3 is 3.00 bits per heavy atom. The van der Waals surface area contributed by atoms with Crippen LogP contribution in [0.3, 0.4) is 0 Å². The molecule has 4 heteroatoms. The first-order valence-electron chi connectivity index (χ1n) is 4.94. The minimum atomic E-state index is 0.128. The first-order valence-corrected chi connectivity index (χ1v) is 5.92. The molecule has 2 N–H and O–H groups in total. The Balaban J connectivity index is 2.53. The maximum Gasteiger partial charge on any atom is 0.185 e. The third-order valence-electron chi connectivity index (χ3n) is 1.84. The molecule has 1 rings (SSSR count). The quantitative estimate of drug-likeness (QED) is 0.628. The molecule has 3 nitrogen and oxygen atoms in total. The number of nitrogen functional groups attached to an aromatic ring is 1. The van der Waals surface area contributed by atoms with E-state index in [4.69, 9.17) is 5.73 Å². The molecule has 0 aromatic carbocycles. The van der Waals surface area contributed by atoms with E-state index in [9.17, 15) is 4.79 Å². The number of anilines is 1. The van der Waals surface area contributed by atoms with E-state index in [1.165, 1.54) is 11.8 Å². The van der Waals surface area contributed by atoms with Gasteiger partial charge in [-0.25, -0.2) is 4.98 Å². The topological polar surface area (TPSA) is 56.0 Å². The third kappa shape index (κ3) is 4.37. The van der Waals surface area contributed by atoms with Crippen molar-refractivity contribution in [3.05, 3.63) is 23.5 Å². The van der Waals surface area contributed by atoms with Gasteiger partial charge in [0, 0.05) is 19.1 Å². The second kappa shape index (κ2) is 6.19. The lowest BCUT2D eigenvalue weighted by Gasteiger charge is -1.97. The number of rotatable bonds is 2. The molecule has 0 aliphatic carbocycles. The Bertz CT molecular complexity index is 446. The van der Waals surface area contributed by atoms with Gasteiger partial charge in [0.25, 0.3) is 0 Å². The van der Waals surface area contributed by atoms with Gasteiger partial charge in [-0.15, -0.1) is 0 Å². The van der Waals surface area contributed by atoms with E-state index in [1.807, 2.05) is 13.0 Å². The number of pyridine rings is 1. The molecule has 0 saturated carbocycles. The lowest BCUT2D eigenvalue weighted by molar-refractivity contribution is -0.109. The summed E-state index contributed by atoms with van der Waals surface area (Å²) in [7, 11) is 0. The average molecular weight is 234 g/mol. The molecule has 0 saturated heterocycles. The summed E-state index contributed by atoms with van der Waals surface area (Å²) in [6, 6.07) is 1.85. The zero-order valence-electron chi connectivity index (χ0n) is 9.41. The number of carbonyl (C=O) groups excluding carboxylic acids is 1. The summed E-state index contributed by atoms with van der Waals surface area (Å²) < 4.78 is 0. The molecular formula is C12H14N2OS. The van der Waals surface area contributed by atoms with Gasteiger partial charge in [0.1, 0.15) is 5.69 Å². The van der Waals surface area contributed by atoms with Crippen molar-refractivity contribution < 1.29 is 4.79 Å². The SMILES string of the molecule is CC(=O)SCCC#Cc1ncc(N)cc1C. The van der Waals surface area contributed by atoms with Crippen LogP contribution in [0.4, 0.5) is 5.69 Å². The molecular weight excluding hydrogens is 220 g/mol. The summed E-state index contributed by atoms with van der Waals surface area (Å²) in [6.07, 6.45) is 2.29. The molecule has 84 valence electrons. The summed E-state index contributed by atoms with van der Waals surface area (Å²) in [5.41, 5.74) is 7.96. The molecule has 0 aliphatic heterocycles. The summed E-state index contributed by atoms with van der Waals surface area (Å²) in [4.78, 5) is 14.8. The highest BCUT2D eigenvalue weighted by molar-refractivity contribution is 8.13. The molecule has 1 aromatic heterocycles. The average Bonchev–Trinajstić information content (AvgIpc) is 2.20. The number of nitrogens with two attached hydrogens (primary N) is 1. The highest BCUT2D eigenvalue weighted by Gasteiger charge is 1.96. The summed E-state index contributed by atoms with van der Waals surface area (Å²) >= 11 is 1.29. The van der Waals surface area contributed by atoms with E-state index >= 15 is 0 Å². The van der Waals surface area contributed by atoms with E-state index in [2.05, 4.69) is 16.8 Å². The number of carbonyl (C=O) groups is 1. The van der Waals surface area contributed by atoms with Crippen LogP contribution >= 0.6 is 11.8 Å². The van der Waals surface area contributed by atoms with Crippen molar-refractivity contribution in [2.24, 2.45) is 0 Å². The fourth-order valence-electron chi connectivity index (χ4n) is 1.12. The van der Waals surface area contributed by atoms with Gasteiger partial charge in [-0.2, -0.15) is 0 Å². The van der Waals surface area contributed by atoms with Crippen molar-refractivity contribution in [3.8, 4) is 11.8 Å². The zero-order valence-corrected chi connectivity index (χ0v) is 10.2. The van der Waals surface area contributed by atoms with Gasteiger partial charge in [0.2, 0.25) is 0 Å². The molecule has 0 bridgehead atoms. The number of nitrogens with zero attached hydrogens (tertiary/aromatic N) is 1. The number of aryl methyl sites for hydroxylation is 1. The van der Waals surface area contributed by atoms with Crippen LogP contribution in [0.15, 0.2) is 12.3 Å². The van der Waals surface area contributed by atoms with E-state index in [0.717, 1.165) is 17.0 Å². The Labute approximate surface area is 99.8 Å². The van der Waals surface area contributed by atoms with Gasteiger partial charge < -0.3 is 5.73 Å². The zero-order chi connectivity index (χ0) is 12.0. The molecule has 0 atom stereocenters. The Kier molecular flexibility index (Phi) is 4.87. The van der Waals surface area contributed by atoms with Crippen molar-refractivity contribution in [2.45, 2.75) is 20.3 Å². The first kappa shape index (κ1) is 12.6. The summed E-state index contributed by atoms with van der Waals surface area (Å²) in [5.74, 6) is 6.70. The lowest BCUT2D eigenvalue weighted by Crippen LogP contribution is -1.92. The van der Waals surface area contributed by atoms with Gasteiger partial charge >= 0.3 is 0 Å². The van der Waals surface area contributed by atoms with Crippen LogP contribution in [0.25, 0.3) is 0 Å². The minimum Gasteiger partial charge on any atom is -0.397 e. The third-order valence-corrected chi connectivity index (χ3v) is 2.65. The fourth-order valence-corrected chi connectivity index (χ4v) is 1.61. The van der Waals surface area contributed by atoms with E-state index in [1.54, 1.807) is 13.1 Å². The summed E-state index contributed by atoms with van der Waals surface area (Å²) in [5, 5.41) is 0.128. The van der Waals surface area contributed by atoms with Gasteiger partial charge in [-0.05, 0) is 24.5 Å². The molecule has 0 unspecified atom stereocenters. The molecule has 0 fully saturated rings. The number of thioether (sulfide) groups is 1. The van der Waals surface area contributed by atoms with E-state index in [-0.39, 0.29) is 5.12 Å². The molecule has 0 radical (unpaired) electrons. The first-order chi connectivity index (χ1) is 7.59. The predicted molar refractivity (Wildman–Crippen MR) is 68.0 cm³/mol. The number of hydrogen-bond acceptors (Lipinski definition) is 4. The van der Waals surface area contributed by atoms with Gasteiger partial charge in [0.15, 0.2) is 5.12 Å².